The summed E-state index contributed by atoms with van der Waals surface area (Å²) in [6.45, 7) is 0. The van der Waals surface area contributed by atoms with Gasteiger partial charge in [-0.05, 0) is 48.0 Å². The lowest BCUT2D eigenvalue weighted by Crippen LogP contribution is -2.35. The Kier molecular flexibility index (Phi) is 4.16. The largest absolute Gasteiger partial charge is 0.497 e. The topological polar surface area (TPSA) is 58.6 Å². The normalized spacial score (nSPS) is 15.9. The van der Waals surface area contributed by atoms with Crippen LogP contribution in [0.3, 0.4) is 0 Å². The lowest BCUT2D eigenvalue weighted by Gasteiger charge is -2.14. The SMILES string of the molecule is COc1ccc(C=C2C(=O)NN(c3ccc(Br)cc3)C2=O)cc1. The van der Waals surface area contributed by atoms with Gasteiger partial charge < -0.3 is 4.74 Å². The Morgan fingerprint density at radius 3 is 2.30 bits per heavy atom. The third-order valence-corrected chi connectivity index (χ3v) is 3.93. The van der Waals surface area contributed by atoms with E-state index in [2.05, 4.69) is 21.4 Å². The highest BCUT2D eigenvalue weighted by Gasteiger charge is 2.34. The Morgan fingerprint density at radius 2 is 1.70 bits per heavy atom. The maximum atomic E-state index is 12.5. The highest BCUT2D eigenvalue weighted by Crippen LogP contribution is 2.23. The van der Waals surface area contributed by atoms with Crippen molar-refractivity contribution in [1.82, 2.24) is 5.43 Å². The number of halogens is 1. The standard InChI is InChI=1S/C17H13BrN2O3/c1-23-14-8-2-11(3-9-14)10-15-16(21)19-20(17(15)22)13-6-4-12(18)5-7-13/h2-10H,1H3,(H,19,21). The number of rotatable bonds is 3. The molecule has 0 aliphatic carbocycles. The molecule has 6 heteroatoms. The maximum absolute atomic E-state index is 12.5. The van der Waals surface area contributed by atoms with Crippen molar-refractivity contribution < 1.29 is 14.3 Å². The fraction of sp³-hybridized carbons (Fsp3) is 0.0588. The number of hydrogen-bond donors (Lipinski definition) is 1. The minimum absolute atomic E-state index is 0.0954. The van der Waals surface area contributed by atoms with E-state index in [0.29, 0.717) is 11.4 Å². The van der Waals surface area contributed by atoms with E-state index in [0.717, 1.165) is 10.0 Å². The number of anilines is 1. The summed E-state index contributed by atoms with van der Waals surface area (Å²) in [5.74, 6) is -0.0901. The molecule has 0 aromatic heterocycles. The second-order valence-electron chi connectivity index (χ2n) is 4.89. The van der Waals surface area contributed by atoms with E-state index in [9.17, 15) is 9.59 Å². The van der Waals surface area contributed by atoms with Gasteiger partial charge in [-0.15, -0.1) is 0 Å². The van der Waals surface area contributed by atoms with Gasteiger partial charge in [-0.2, -0.15) is 0 Å². The molecule has 0 spiro atoms. The molecule has 3 rings (SSSR count). The van der Waals surface area contributed by atoms with E-state index < -0.39 is 5.91 Å². The molecule has 2 aromatic carbocycles. The molecule has 0 saturated carbocycles. The molecule has 0 atom stereocenters. The second-order valence-corrected chi connectivity index (χ2v) is 5.80. The summed E-state index contributed by atoms with van der Waals surface area (Å²) < 4.78 is 5.98. The van der Waals surface area contributed by atoms with Gasteiger partial charge in [0.05, 0.1) is 12.8 Å². The molecule has 0 bridgehead atoms. The number of carbonyl (C=O) groups is 2. The molecule has 1 fully saturated rings. The number of methoxy groups -OCH3 is 1. The van der Waals surface area contributed by atoms with Crippen molar-refractivity contribution in [3.8, 4) is 5.75 Å². The molecule has 23 heavy (non-hydrogen) atoms. The number of hydrogen-bond acceptors (Lipinski definition) is 3. The minimum Gasteiger partial charge on any atom is -0.497 e. The van der Waals surface area contributed by atoms with Crippen molar-refractivity contribution in [2.75, 3.05) is 12.1 Å². The van der Waals surface area contributed by atoms with Crippen molar-refractivity contribution in [2.24, 2.45) is 0 Å². The average molecular weight is 373 g/mol. The molecule has 116 valence electrons. The van der Waals surface area contributed by atoms with Crippen LogP contribution in [0, 0.1) is 0 Å². The van der Waals surface area contributed by atoms with Gasteiger partial charge >= 0.3 is 0 Å². The van der Waals surface area contributed by atoms with Crippen LogP contribution in [-0.4, -0.2) is 18.9 Å². The fourth-order valence-corrected chi connectivity index (χ4v) is 2.46. The monoisotopic (exact) mass is 372 g/mol. The summed E-state index contributed by atoms with van der Waals surface area (Å²) in [5.41, 5.74) is 4.02. The molecular formula is C17H13BrN2O3. The molecule has 0 radical (unpaired) electrons. The third kappa shape index (κ3) is 3.12. The zero-order valence-electron chi connectivity index (χ0n) is 12.2. The van der Waals surface area contributed by atoms with Crippen LogP contribution in [0.4, 0.5) is 5.69 Å². The van der Waals surface area contributed by atoms with Crippen LogP contribution in [0.1, 0.15) is 5.56 Å². The Hall–Kier alpha value is -2.60. The third-order valence-electron chi connectivity index (χ3n) is 3.40. The van der Waals surface area contributed by atoms with E-state index in [1.807, 2.05) is 0 Å². The number of benzene rings is 2. The predicted octanol–water partition coefficient (Wildman–Crippen LogP) is 2.92. The lowest BCUT2D eigenvalue weighted by molar-refractivity contribution is -0.117. The van der Waals surface area contributed by atoms with Gasteiger partial charge in [0.25, 0.3) is 11.8 Å². The smallest absolute Gasteiger partial charge is 0.282 e. The van der Waals surface area contributed by atoms with Crippen molar-refractivity contribution >= 4 is 39.5 Å². The van der Waals surface area contributed by atoms with E-state index in [1.165, 1.54) is 5.01 Å². The molecule has 2 aromatic rings. The van der Waals surface area contributed by atoms with Gasteiger partial charge in [-0.3, -0.25) is 15.0 Å². The molecule has 5 nitrogen and oxygen atoms in total. The Labute approximate surface area is 141 Å². The average Bonchev–Trinajstić information content (AvgIpc) is 2.84. The molecule has 1 heterocycles. The van der Waals surface area contributed by atoms with Crippen LogP contribution in [0.2, 0.25) is 0 Å². The van der Waals surface area contributed by atoms with E-state index in [-0.39, 0.29) is 11.5 Å². The van der Waals surface area contributed by atoms with Crippen LogP contribution < -0.4 is 15.2 Å². The van der Waals surface area contributed by atoms with Crippen molar-refractivity contribution in [3.63, 3.8) is 0 Å². The molecule has 1 aliphatic heterocycles. The molecule has 2 amide bonds. The molecular weight excluding hydrogens is 360 g/mol. The first-order valence-corrected chi connectivity index (χ1v) is 7.64. The van der Waals surface area contributed by atoms with Gasteiger partial charge in [0.15, 0.2) is 0 Å². The lowest BCUT2D eigenvalue weighted by atomic mass is 10.1. The number of hydrazine groups is 1. The van der Waals surface area contributed by atoms with Gasteiger partial charge in [0.1, 0.15) is 11.3 Å². The Bertz CT molecular complexity index is 782. The first-order valence-electron chi connectivity index (χ1n) is 6.85. The first kappa shape index (κ1) is 15.3. The number of ether oxygens (including phenoxy) is 1. The summed E-state index contributed by atoms with van der Waals surface area (Å²) in [7, 11) is 1.58. The van der Waals surface area contributed by atoms with Crippen molar-refractivity contribution in [2.45, 2.75) is 0 Å². The number of nitrogens with one attached hydrogen (secondary N) is 1. The fourth-order valence-electron chi connectivity index (χ4n) is 2.20. The summed E-state index contributed by atoms with van der Waals surface area (Å²) in [4.78, 5) is 24.6. The van der Waals surface area contributed by atoms with E-state index in [4.69, 9.17) is 4.74 Å². The zero-order valence-corrected chi connectivity index (χ0v) is 13.8. The van der Waals surface area contributed by atoms with Crippen molar-refractivity contribution in [1.29, 1.82) is 0 Å². The summed E-state index contributed by atoms with van der Waals surface area (Å²) >= 11 is 3.34. The van der Waals surface area contributed by atoms with Gasteiger partial charge in [0, 0.05) is 4.47 Å². The van der Waals surface area contributed by atoms with Crippen LogP contribution in [0.25, 0.3) is 6.08 Å². The predicted molar refractivity (Wildman–Crippen MR) is 90.7 cm³/mol. The van der Waals surface area contributed by atoms with Gasteiger partial charge in [0.2, 0.25) is 0 Å². The van der Waals surface area contributed by atoms with Gasteiger partial charge in [-0.1, -0.05) is 28.1 Å². The van der Waals surface area contributed by atoms with Crippen LogP contribution in [0.5, 0.6) is 5.75 Å². The van der Waals surface area contributed by atoms with Crippen molar-refractivity contribution in [3.05, 3.63) is 64.1 Å². The summed E-state index contributed by atoms with van der Waals surface area (Å²) in [6, 6.07) is 14.2. The molecule has 0 unspecified atom stereocenters. The zero-order chi connectivity index (χ0) is 16.4. The van der Waals surface area contributed by atoms with E-state index in [1.54, 1.807) is 61.7 Å². The minimum atomic E-state index is -0.422. The molecule has 1 aliphatic rings. The highest BCUT2D eigenvalue weighted by atomic mass is 79.9. The second kappa shape index (κ2) is 6.26. The van der Waals surface area contributed by atoms with E-state index >= 15 is 0 Å². The van der Waals surface area contributed by atoms with Crippen LogP contribution in [-0.2, 0) is 9.59 Å². The Balaban J connectivity index is 1.88. The highest BCUT2D eigenvalue weighted by molar-refractivity contribution is 9.10. The van der Waals surface area contributed by atoms with Crippen LogP contribution >= 0.6 is 15.9 Å². The Morgan fingerprint density at radius 1 is 1.04 bits per heavy atom. The number of carbonyl (C=O) groups excluding carboxylic acids is 2. The molecule has 1 saturated heterocycles. The first-order chi connectivity index (χ1) is 11.1. The number of nitrogens with zero attached hydrogens (tertiary/aromatic N) is 1. The van der Waals surface area contributed by atoms with Gasteiger partial charge in [-0.25, -0.2) is 5.01 Å². The molecule has 1 N–H and O–H groups in total. The quantitative estimate of drug-likeness (QED) is 0.665. The summed E-state index contributed by atoms with van der Waals surface area (Å²) in [5, 5.41) is 1.24. The number of amides is 2. The summed E-state index contributed by atoms with van der Waals surface area (Å²) in [6.07, 6.45) is 1.57. The maximum Gasteiger partial charge on any atom is 0.282 e. The van der Waals surface area contributed by atoms with Crippen LogP contribution in [0.15, 0.2) is 58.6 Å².